The zero-order valence-corrected chi connectivity index (χ0v) is 12.6. The molecule has 1 aromatic carbocycles. The standard InChI is InChI=1S/C16H22N2O2/c1-17(2)12-8-13(9-12)18-6-5-11-7-15(19-3)16(20-4)10-14(11)18/h5-7,10,12-13H,8-9H2,1-4H3. The highest BCUT2D eigenvalue weighted by molar-refractivity contribution is 5.84. The number of nitrogens with zero attached hydrogens (tertiary/aromatic N) is 2. The summed E-state index contributed by atoms with van der Waals surface area (Å²) in [5.41, 5.74) is 1.23. The lowest BCUT2D eigenvalue weighted by molar-refractivity contribution is 0.132. The van der Waals surface area contributed by atoms with Gasteiger partial charge < -0.3 is 18.9 Å². The van der Waals surface area contributed by atoms with Crippen LogP contribution in [0.5, 0.6) is 11.5 Å². The minimum Gasteiger partial charge on any atom is -0.493 e. The van der Waals surface area contributed by atoms with Crippen molar-refractivity contribution in [2.24, 2.45) is 0 Å². The summed E-state index contributed by atoms with van der Waals surface area (Å²) < 4.78 is 13.1. The minimum absolute atomic E-state index is 0.595. The fourth-order valence-corrected chi connectivity index (χ4v) is 3.01. The van der Waals surface area contributed by atoms with Gasteiger partial charge in [-0.2, -0.15) is 0 Å². The van der Waals surface area contributed by atoms with Crippen LogP contribution in [0.25, 0.3) is 10.9 Å². The van der Waals surface area contributed by atoms with Crippen molar-refractivity contribution in [3.05, 3.63) is 24.4 Å². The molecule has 0 spiro atoms. The van der Waals surface area contributed by atoms with Gasteiger partial charge in [0.15, 0.2) is 11.5 Å². The molecule has 1 aliphatic carbocycles. The molecular weight excluding hydrogens is 252 g/mol. The SMILES string of the molecule is COc1cc2ccn(C3CC(N(C)C)C3)c2cc1OC. The number of hydrogen-bond acceptors (Lipinski definition) is 3. The number of fused-ring (bicyclic) bond motifs is 1. The van der Waals surface area contributed by atoms with Crippen molar-refractivity contribution in [1.82, 2.24) is 9.47 Å². The van der Waals surface area contributed by atoms with Crippen LogP contribution < -0.4 is 9.47 Å². The number of ether oxygens (including phenoxy) is 2. The highest BCUT2D eigenvalue weighted by Crippen LogP contribution is 2.39. The Morgan fingerprint density at radius 2 is 1.75 bits per heavy atom. The maximum absolute atomic E-state index is 5.41. The maximum atomic E-state index is 5.41. The van der Waals surface area contributed by atoms with Crippen LogP contribution in [0.4, 0.5) is 0 Å². The largest absolute Gasteiger partial charge is 0.493 e. The lowest BCUT2D eigenvalue weighted by atomic mass is 9.85. The molecule has 0 amide bonds. The van der Waals surface area contributed by atoms with Gasteiger partial charge in [-0.05, 0) is 39.1 Å². The predicted molar refractivity (Wildman–Crippen MR) is 80.8 cm³/mol. The molecule has 108 valence electrons. The Kier molecular flexibility index (Phi) is 3.34. The molecule has 0 bridgehead atoms. The predicted octanol–water partition coefficient (Wildman–Crippen LogP) is 2.92. The fraction of sp³-hybridized carbons (Fsp3) is 0.500. The van der Waals surface area contributed by atoms with Crippen molar-refractivity contribution in [3.63, 3.8) is 0 Å². The summed E-state index contributed by atoms with van der Waals surface area (Å²) >= 11 is 0. The van der Waals surface area contributed by atoms with E-state index in [1.54, 1.807) is 14.2 Å². The van der Waals surface area contributed by atoms with Crippen molar-refractivity contribution in [2.45, 2.75) is 24.9 Å². The van der Waals surface area contributed by atoms with Crippen LogP contribution in [-0.4, -0.2) is 43.8 Å². The average Bonchev–Trinajstić information content (AvgIpc) is 2.78. The highest BCUT2D eigenvalue weighted by atomic mass is 16.5. The third-order valence-corrected chi connectivity index (χ3v) is 4.44. The summed E-state index contributed by atoms with van der Waals surface area (Å²) in [5, 5.41) is 1.20. The summed E-state index contributed by atoms with van der Waals surface area (Å²) in [5.74, 6) is 1.58. The highest BCUT2D eigenvalue weighted by Gasteiger charge is 2.32. The molecule has 20 heavy (non-hydrogen) atoms. The number of rotatable bonds is 4. The lowest BCUT2D eigenvalue weighted by Crippen LogP contribution is -2.41. The molecule has 0 unspecified atom stereocenters. The van der Waals surface area contributed by atoms with E-state index >= 15 is 0 Å². The third-order valence-electron chi connectivity index (χ3n) is 4.44. The molecule has 0 saturated heterocycles. The first-order chi connectivity index (χ1) is 9.63. The van der Waals surface area contributed by atoms with Crippen LogP contribution in [0.1, 0.15) is 18.9 Å². The molecule has 1 fully saturated rings. The maximum Gasteiger partial charge on any atom is 0.162 e. The molecule has 0 N–H and O–H groups in total. The van der Waals surface area contributed by atoms with Gasteiger partial charge in [-0.3, -0.25) is 0 Å². The topological polar surface area (TPSA) is 26.6 Å². The van der Waals surface area contributed by atoms with E-state index in [1.165, 1.54) is 23.7 Å². The van der Waals surface area contributed by atoms with E-state index in [0.29, 0.717) is 12.1 Å². The first kappa shape index (κ1) is 13.3. The van der Waals surface area contributed by atoms with E-state index in [2.05, 4.69) is 41.9 Å². The number of hydrogen-bond donors (Lipinski definition) is 0. The molecule has 4 heteroatoms. The van der Waals surface area contributed by atoms with Crippen LogP contribution in [0.2, 0.25) is 0 Å². The van der Waals surface area contributed by atoms with E-state index in [1.807, 2.05) is 6.07 Å². The summed E-state index contributed by atoms with van der Waals surface area (Å²) in [4.78, 5) is 2.31. The summed E-state index contributed by atoms with van der Waals surface area (Å²) in [7, 11) is 7.67. The molecule has 3 rings (SSSR count). The van der Waals surface area contributed by atoms with Gasteiger partial charge in [0.05, 0.1) is 19.7 Å². The Morgan fingerprint density at radius 3 is 2.35 bits per heavy atom. The van der Waals surface area contributed by atoms with E-state index in [9.17, 15) is 0 Å². The van der Waals surface area contributed by atoms with Crippen molar-refractivity contribution in [3.8, 4) is 11.5 Å². The van der Waals surface area contributed by atoms with Gasteiger partial charge in [0, 0.05) is 29.7 Å². The Labute approximate surface area is 119 Å². The molecule has 1 saturated carbocycles. The van der Waals surface area contributed by atoms with Gasteiger partial charge in [-0.15, -0.1) is 0 Å². The number of benzene rings is 1. The Bertz CT molecular complexity index is 612. The van der Waals surface area contributed by atoms with E-state index in [0.717, 1.165) is 11.5 Å². The Balaban J connectivity index is 1.93. The van der Waals surface area contributed by atoms with Crippen LogP contribution in [0.3, 0.4) is 0 Å². The van der Waals surface area contributed by atoms with Crippen LogP contribution in [0.15, 0.2) is 24.4 Å². The minimum atomic E-state index is 0.595. The smallest absolute Gasteiger partial charge is 0.162 e. The quantitative estimate of drug-likeness (QED) is 0.857. The van der Waals surface area contributed by atoms with Gasteiger partial charge in [0.1, 0.15) is 0 Å². The normalized spacial score (nSPS) is 22.1. The van der Waals surface area contributed by atoms with Crippen molar-refractivity contribution in [2.75, 3.05) is 28.3 Å². The molecule has 1 heterocycles. The van der Waals surface area contributed by atoms with Gasteiger partial charge >= 0.3 is 0 Å². The number of methoxy groups -OCH3 is 2. The van der Waals surface area contributed by atoms with Gasteiger partial charge in [-0.1, -0.05) is 0 Å². The summed E-state index contributed by atoms with van der Waals surface area (Å²) in [6, 6.07) is 7.58. The molecular formula is C16H22N2O2. The van der Waals surface area contributed by atoms with Crippen molar-refractivity contribution < 1.29 is 9.47 Å². The molecule has 0 aliphatic heterocycles. The Morgan fingerprint density at radius 1 is 1.10 bits per heavy atom. The van der Waals surface area contributed by atoms with E-state index in [-0.39, 0.29) is 0 Å². The van der Waals surface area contributed by atoms with Gasteiger partial charge in [0.2, 0.25) is 0 Å². The lowest BCUT2D eigenvalue weighted by Gasteiger charge is -2.40. The van der Waals surface area contributed by atoms with E-state index in [4.69, 9.17) is 9.47 Å². The first-order valence-electron chi connectivity index (χ1n) is 7.03. The first-order valence-corrected chi connectivity index (χ1v) is 7.03. The van der Waals surface area contributed by atoms with Crippen LogP contribution >= 0.6 is 0 Å². The summed E-state index contributed by atoms with van der Waals surface area (Å²) in [6.45, 7) is 0. The second kappa shape index (κ2) is 5.02. The second-order valence-electron chi connectivity index (χ2n) is 5.73. The molecule has 4 nitrogen and oxygen atoms in total. The van der Waals surface area contributed by atoms with E-state index < -0.39 is 0 Å². The zero-order valence-electron chi connectivity index (χ0n) is 12.6. The van der Waals surface area contributed by atoms with Gasteiger partial charge in [-0.25, -0.2) is 0 Å². The van der Waals surface area contributed by atoms with Crippen molar-refractivity contribution in [1.29, 1.82) is 0 Å². The molecule has 1 aliphatic rings. The summed E-state index contributed by atoms with van der Waals surface area (Å²) in [6.07, 6.45) is 4.61. The number of aromatic nitrogens is 1. The molecule has 0 radical (unpaired) electrons. The zero-order chi connectivity index (χ0) is 14.3. The monoisotopic (exact) mass is 274 g/mol. The van der Waals surface area contributed by atoms with Crippen molar-refractivity contribution >= 4 is 10.9 Å². The average molecular weight is 274 g/mol. The van der Waals surface area contributed by atoms with Crippen LogP contribution in [-0.2, 0) is 0 Å². The van der Waals surface area contributed by atoms with Crippen LogP contribution in [0, 0.1) is 0 Å². The fourth-order valence-electron chi connectivity index (χ4n) is 3.01. The van der Waals surface area contributed by atoms with Gasteiger partial charge in [0.25, 0.3) is 0 Å². The molecule has 1 aromatic heterocycles. The Hall–Kier alpha value is -1.68. The second-order valence-corrected chi connectivity index (χ2v) is 5.73. The molecule has 2 aromatic rings. The molecule has 0 atom stereocenters. The third kappa shape index (κ3) is 2.04.